The number of hydrogen-bond donors (Lipinski definition) is 5. The first-order valence-corrected chi connectivity index (χ1v) is 18.2. The highest BCUT2D eigenvalue weighted by Gasteiger charge is 2.37. The first-order valence-electron chi connectivity index (χ1n) is 17.4. The number of alkyl carbamates (subject to hydrolysis) is 1. The van der Waals surface area contributed by atoms with Gasteiger partial charge in [0.1, 0.15) is 22.7 Å². The van der Waals surface area contributed by atoms with Gasteiger partial charge in [-0.2, -0.15) is 0 Å². The zero-order valence-corrected chi connectivity index (χ0v) is 30.2. The van der Waals surface area contributed by atoms with Crippen LogP contribution in [-0.4, -0.2) is 86.9 Å². The third-order valence-corrected chi connectivity index (χ3v) is 10.2. The molecule has 1 fully saturated rings. The van der Waals surface area contributed by atoms with Crippen LogP contribution in [0, 0.1) is 5.92 Å². The molecule has 0 aliphatic carbocycles. The monoisotopic (exact) mass is 725 g/mol. The lowest BCUT2D eigenvalue weighted by atomic mass is 10.0. The molecule has 2 aromatic carbocycles. The Bertz CT molecular complexity index is 2020. The topological polar surface area (TPSA) is 187 Å². The molecule has 0 bridgehead atoms. The van der Waals surface area contributed by atoms with Crippen molar-refractivity contribution < 1.29 is 23.9 Å². The molecule has 52 heavy (non-hydrogen) atoms. The number of nitrogens with one attached hydrogen (secondary N) is 5. The summed E-state index contributed by atoms with van der Waals surface area (Å²) >= 11 is 1.64. The molecule has 0 spiro atoms. The van der Waals surface area contributed by atoms with Gasteiger partial charge in [-0.15, -0.1) is 11.3 Å². The van der Waals surface area contributed by atoms with Crippen LogP contribution in [-0.2, 0) is 25.5 Å². The van der Waals surface area contributed by atoms with Crippen LogP contribution in [0.3, 0.4) is 0 Å². The van der Waals surface area contributed by atoms with Crippen molar-refractivity contribution in [1.29, 1.82) is 0 Å². The summed E-state index contributed by atoms with van der Waals surface area (Å²) in [7, 11) is 1.29. The molecule has 4 heterocycles. The quantitative estimate of drug-likeness (QED) is 0.0739. The molecule has 2 unspecified atom stereocenters. The molecule has 14 nitrogen and oxygen atoms in total. The number of methoxy groups -OCH3 is 1. The molecule has 5 N–H and O–H groups in total. The summed E-state index contributed by atoms with van der Waals surface area (Å²) in [4.78, 5) is 70.1. The summed E-state index contributed by atoms with van der Waals surface area (Å²) in [6.45, 7) is 4.93. The Morgan fingerprint density at radius 2 is 1.77 bits per heavy atom. The number of aryl methyl sites for hydroxylation is 1. The predicted molar refractivity (Wildman–Crippen MR) is 198 cm³/mol. The van der Waals surface area contributed by atoms with Crippen molar-refractivity contribution in [2.24, 2.45) is 5.92 Å². The van der Waals surface area contributed by atoms with E-state index in [2.05, 4.69) is 66.2 Å². The number of H-pyrrole nitrogens is 2. The molecule has 3 aromatic heterocycles. The first-order chi connectivity index (χ1) is 25.2. The van der Waals surface area contributed by atoms with E-state index < -0.39 is 12.1 Å². The van der Waals surface area contributed by atoms with Crippen LogP contribution in [0.15, 0.2) is 54.9 Å². The number of aromatic nitrogens is 5. The zero-order valence-electron chi connectivity index (χ0n) is 29.4. The van der Waals surface area contributed by atoms with Crippen molar-refractivity contribution in [3.8, 4) is 33.1 Å². The molecular formula is C37H43N9O5S. The van der Waals surface area contributed by atoms with Gasteiger partial charge in [0.05, 0.1) is 53.7 Å². The van der Waals surface area contributed by atoms with Crippen molar-refractivity contribution in [1.82, 2.24) is 45.8 Å². The number of imidazole rings is 2. The van der Waals surface area contributed by atoms with Crippen LogP contribution < -0.4 is 16.0 Å². The van der Waals surface area contributed by atoms with E-state index in [0.29, 0.717) is 19.5 Å². The molecular weight excluding hydrogens is 683 g/mol. The molecule has 1 saturated heterocycles. The van der Waals surface area contributed by atoms with E-state index in [9.17, 15) is 19.2 Å². The van der Waals surface area contributed by atoms with Crippen LogP contribution in [0.4, 0.5) is 4.79 Å². The summed E-state index contributed by atoms with van der Waals surface area (Å²) in [6, 6.07) is 13.5. The zero-order chi connectivity index (χ0) is 36.6. The van der Waals surface area contributed by atoms with Crippen molar-refractivity contribution in [2.45, 2.75) is 58.0 Å². The van der Waals surface area contributed by atoms with E-state index in [0.717, 1.165) is 87.1 Å². The standard InChI is InChI=1S/C37H43N9O5S/c1-22(2)33(45-37(50)51-3)36(49)46-16-6-7-29(46)34-41-19-27(43-34)23-9-11-24(12-10-23)35-44-26-17-25(13-14-30(26)52-35)28-18-40-31(42-28)8-4-5-15-39-32(48)20-38-21-47/h9-14,17-19,21-22,29,33H,4-8,15-16,20H2,1-3H3,(H,38,47)(H,39,48)(H,40,42)(H,41,43)(H,45,50). The van der Waals surface area contributed by atoms with Crippen molar-refractivity contribution >= 4 is 45.9 Å². The van der Waals surface area contributed by atoms with Gasteiger partial charge in [-0.25, -0.2) is 19.7 Å². The fourth-order valence-corrected chi connectivity index (χ4v) is 7.29. The lowest BCUT2D eigenvalue weighted by Gasteiger charge is -2.30. The Morgan fingerprint density at radius 3 is 2.54 bits per heavy atom. The number of likely N-dealkylation sites (tertiary alicyclic amines) is 1. The summed E-state index contributed by atoms with van der Waals surface area (Å²) in [5, 5.41) is 8.74. The smallest absolute Gasteiger partial charge is 0.407 e. The van der Waals surface area contributed by atoms with E-state index in [1.807, 2.05) is 37.1 Å². The fraction of sp³-hybridized carbons (Fsp3) is 0.378. The van der Waals surface area contributed by atoms with Crippen LogP contribution in [0.5, 0.6) is 0 Å². The Kier molecular flexibility index (Phi) is 11.6. The molecule has 0 saturated carbocycles. The summed E-state index contributed by atoms with van der Waals surface area (Å²) < 4.78 is 5.83. The Balaban J connectivity index is 1.07. The Labute approximate surface area is 305 Å². The van der Waals surface area contributed by atoms with Gasteiger partial charge in [-0.1, -0.05) is 44.2 Å². The van der Waals surface area contributed by atoms with Crippen LogP contribution in [0.1, 0.15) is 57.2 Å². The number of aromatic amines is 2. The van der Waals surface area contributed by atoms with E-state index >= 15 is 0 Å². The average molecular weight is 726 g/mol. The highest BCUT2D eigenvalue weighted by atomic mass is 32.1. The van der Waals surface area contributed by atoms with E-state index in [1.54, 1.807) is 17.5 Å². The number of hydrogen-bond acceptors (Lipinski definition) is 9. The summed E-state index contributed by atoms with van der Waals surface area (Å²) in [6.07, 6.45) is 7.58. The number of ether oxygens (including phenoxy) is 1. The number of carbonyl (C=O) groups excluding carboxylic acids is 4. The number of unbranched alkanes of at least 4 members (excludes halogenated alkanes) is 1. The van der Waals surface area contributed by atoms with Crippen LogP contribution >= 0.6 is 11.3 Å². The summed E-state index contributed by atoms with van der Waals surface area (Å²) in [5.41, 5.74) is 5.68. The van der Waals surface area contributed by atoms with Gasteiger partial charge in [0.15, 0.2) is 0 Å². The normalized spacial score (nSPS) is 14.8. The molecule has 2 atom stereocenters. The Morgan fingerprint density at radius 1 is 1.02 bits per heavy atom. The Hall–Kier alpha value is -5.57. The second-order valence-corrected chi connectivity index (χ2v) is 14.1. The van der Waals surface area contributed by atoms with Gasteiger partial charge in [-0.3, -0.25) is 14.4 Å². The van der Waals surface area contributed by atoms with Gasteiger partial charge >= 0.3 is 6.09 Å². The van der Waals surface area contributed by atoms with E-state index in [4.69, 9.17) is 9.72 Å². The molecule has 1 aliphatic heterocycles. The van der Waals surface area contributed by atoms with E-state index in [1.165, 1.54) is 7.11 Å². The van der Waals surface area contributed by atoms with Crippen molar-refractivity contribution in [3.05, 3.63) is 66.5 Å². The second kappa shape index (κ2) is 16.6. The van der Waals surface area contributed by atoms with Gasteiger partial charge in [0, 0.05) is 30.6 Å². The maximum Gasteiger partial charge on any atom is 0.407 e. The van der Waals surface area contributed by atoms with Crippen LogP contribution in [0.25, 0.3) is 43.3 Å². The predicted octanol–water partition coefficient (Wildman–Crippen LogP) is 4.97. The molecule has 6 rings (SSSR count). The minimum Gasteiger partial charge on any atom is -0.453 e. The molecule has 272 valence electrons. The maximum atomic E-state index is 13.5. The number of fused-ring (bicyclic) bond motifs is 1. The highest BCUT2D eigenvalue weighted by Crippen LogP contribution is 2.35. The number of amides is 4. The van der Waals surface area contributed by atoms with Crippen molar-refractivity contribution in [3.63, 3.8) is 0 Å². The lowest BCUT2D eigenvalue weighted by molar-refractivity contribution is -0.135. The molecule has 0 radical (unpaired) electrons. The second-order valence-electron chi connectivity index (χ2n) is 13.1. The fourth-order valence-electron chi connectivity index (χ4n) is 6.33. The van der Waals surface area contributed by atoms with Gasteiger partial charge < -0.3 is 35.6 Å². The van der Waals surface area contributed by atoms with Gasteiger partial charge in [0.25, 0.3) is 0 Å². The highest BCUT2D eigenvalue weighted by molar-refractivity contribution is 7.21. The average Bonchev–Trinajstić information content (AvgIpc) is 3.98. The molecule has 1 aliphatic rings. The minimum atomic E-state index is -0.683. The largest absolute Gasteiger partial charge is 0.453 e. The number of carbonyl (C=O) groups is 4. The first kappa shape index (κ1) is 36.2. The summed E-state index contributed by atoms with van der Waals surface area (Å²) in [5.74, 6) is 1.17. The molecule has 5 aromatic rings. The number of rotatable bonds is 15. The minimum absolute atomic E-state index is 0.0121. The SMILES string of the molecule is COC(=O)NC(C(=O)N1CCCC1c1ncc(-c2ccc(-c3nc4cc(-c5cnc(CCCCNC(=O)CNC=O)[nH]5)ccc4s3)cc2)[nH]1)C(C)C. The van der Waals surface area contributed by atoms with Crippen LogP contribution in [0.2, 0.25) is 0 Å². The third kappa shape index (κ3) is 8.48. The number of nitrogens with zero attached hydrogens (tertiary/aromatic N) is 4. The van der Waals surface area contributed by atoms with Crippen molar-refractivity contribution in [2.75, 3.05) is 26.7 Å². The lowest BCUT2D eigenvalue weighted by Crippen LogP contribution is -2.51. The van der Waals surface area contributed by atoms with Gasteiger partial charge in [-0.05, 0) is 49.3 Å². The third-order valence-electron chi connectivity index (χ3n) is 9.12. The molecule has 4 amide bonds. The van der Waals surface area contributed by atoms with Gasteiger partial charge in [0.2, 0.25) is 18.2 Å². The molecule has 15 heteroatoms. The number of benzene rings is 2. The number of thiazole rings is 1. The maximum absolute atomic E-state index is 13.5. The van der Waals surface area contributed by atoms with E-state index in [-0.39, 0.29) is 30.3 Å².